The lowest BCUT2D eigenvalue weighted by molar-refractivity contribution is -0.120. The summed E-state index contributed by atoms with van der Waals surface area (Å²) < 4.78 is 6.64. The van der Waals surface area contributed by atoms with Gasteiger partial charge in [0.15, 0.2) is 0 Å². The van der Waals surface area contributed by atoms with E-state index in [1.165, 1.54) is 12.7 Å². The number of nitrogens with one attached hydrogen (secondary N) is 1. The Morgan fingerprint density at radius 3 is 2.53 bits per heavy atom. The van der Waals surface area contributed by atoms with Crippen LogP contribution in [0.4, 0.5) is 10.8 Å². The van der Waals surface area contributed by atoms with E-state index in [-0.39, 0.29) is 11.8 Å². The summed E-state index contributed by atoms with van der Waals surface area (Å²) in [6.45, 7) is 3.54. The zero-order valence-corrected chi connectivity index (χ0v) is 19.8. The molecule has 8 nitrogen and oxygen atoms in total. The van der Waals surface area contributed by atoms with Gasteiger partial charge >= 0.3 is 5.97 Å². The fourth-order valence-corrected chi connectivity index (χ4v) is 5.06. The smallest absolute Gasteiger partial charge is 0.339 e. The number of esters is 1. The van der Waals surface area contributed by atoms with Crippen molar-refractivity contribution in [2.24, 2.45) is 5.92 Å². The van der Waals surface area contributed by atoms with Gasteiger partial charge in [-0.3, -0.25) is 4.79 Å². The molecule has 0 aliphatic carbocycles. The predicted molar refractivity (Wildman–Crippen MR) is 132 cm³/mol. The summed E-state index contributed by atoms with van der Waals surface area (Å²) in [6.07, 6.45) is 3.38. The minimum absolute atomic E-state index is 0.0762. The summed E-state index contributed by atoms with van der Waals surface area (Å²) in [5, 5.41) is 8.54. The van der Waals surface area contributed by atoms with Crippen molar-refractivity contribution >= 4 is 39.0 Å². The quantitative estimate of drug-likeness (QED) is 0.430. The summed E-state index contributed by atoms with van der Waals surface area (Å²) in [5.74, 6) is -0.670. The summed E-state index contributed by atoms with van der Waals surface area (Å²) in [4.78, 5) is 32.6. The van der Waals surface area contributed by atoms with Gasteiger partial charge in [-0.15, -0.1) is 5.10 Å². The van der Waals surface area contributed by atoms with Gasteiger partial charge in [-0.2, -0.15) is 0 Å². The molecule has 1 saturated heterocycles. The lowest BCUT2D eigenvalue weighted by Crippen LogP contribution is -2.38. The second-order valence-electron chi connectivity index (χ2n) is 8.39. The van der Waals surface area contributed by atoms with Crippen LogP contribution in [-0.2, 0) is 9.53 Å². The number of ether oxygens (including phenoxy) is 1. The third kappa shape index (κ3) is 4.38. The van der Waals surface area contributed by atoms with Crippen LogP contribution < -0.4 is 10.2 Å². The first-order valence-electron chi connectivity index (χ1n) is 11.2. The van der Waals surface area contributed by atoms with Crippen molar-refractivity contribution in [2.45, 2.75) is 19.8 Å². The highest BCUT2D eigenvalue weighted by Gasteiger charge is 2.28. The van der Waals surface area contributed by atoms with Gasteiger partial charge in [0.1, 0.15) is 0 Å². The van der Waals surface area contributed by atoms with Gasteiger partial charge in [-0.05, 0) is 31.9 Å². The molecule has 1 aliphatic rings. The van der Waals surface area contributed by atoms with E-state index in [2.05, 4.69) is 41.4 Å². The normalized spacial score (nSPS) is 14.4. The Bertz CT molecular complexity index is 1300. The van der Waals surface area contributed by atoms with Crippen molar-refractivity contribution < 1.29 is 14.3 Å². The Hall–Kier alpha value is -3.72. The molecule has 2 aromatic carbocycles. The highest BCUT2D eigenvalue weighted by atomic mass is 32.1. The number of methoxy groups -OCH3 is 1. The third-order valence-electron chi connectivity index (χ3n) is 6.11. The molecule has 0 bridgehead atoms. The molecule has 0 spiro atoms. The van der Waals surface area contributed by atoms with Crippen LogP contribution in [0.3, 0.4) is 0 Å². The first kappa shape index (κ1) is 22.1. The Kier molecular flexibility index (Phi) is 6.02. The molecule has 0 atom stereocenters. The Labute approximate surface area is 201 Å². The summed E-state index contributed by atoms with van der Waals surface area (Å²) >= 11 is 1.56. The number of aromatic nitrogens is 3. The monoisotopic (exact) mass is 475 g/mol. The van der Waals surface area contributed by atoms with Crippen molar-refractivity contribution in [3.05, 3.63) is 65.9 Å². The maximum Gasteiger partial charge on any atom is 0.339 e. The lowest BCUT2D eigenvalue weighted by atomic mass is 9.96. The average Bonchev–Trinajstić information content (AvgIpc) is 3.44. The molecule has 1 aliphatic heterocycles. The molecule has 1 amide bonds. The Morgan fingerprint density at radius 2 is 1.82 bits per heavy atom. The fraction of sp³-hybridized carbons (Fsp3) is 0.280. The lowest BCUT2D eigenvalue weighted by Gasteiger charge is -2.30. The molecule has 0 unspecified atom stereocenters. The average molecular weight is 476 g/mol. The first-order valence-corrected chi connectivity index (χ1v) is 12.0. The van der Waals surface area contributed by atoms with Gasteiger partial charge < -0.3 is 15.0 Å². The van der Waals surface area contributed by atoms with Crippen LogP contribution in [-0.4, -0.2) is 46.7 Å². The third-order valence-corrected chi connectivity index (χ3v) is 7.09. The number of imidazole rings is 1. The van der Waals surface area contributed by atoms with Crippen LogP contribution in [0, 0.1) is 12.8 Å². The molecule has 4 aromatic rings. The summed E-state index contributed by atoms with van der Waals surface area (Å²) in [5.41, 5.74) is 4.03. The van der Waals surface area contributed by atoms with E-state index < -0.39 is 5.97 Å². The molecular weight excluding hydrogens is 450 g/mol. The first-order chi connectivity index (χ1) is 16.5. The van der Waals surface area contributed by atoms with Crippen molar-refractivity contribution in [2.75, 3.05) is 30.4 Å². The number of piperidine rings is 1. The number of aryl methyl sites for hydroxylation is 1. The number of anilines is 2. The minimum Gasteiger partial charge on any atom is -0.465 e. The number of nitrogens with zero attached hydrogens (tertiary/aromatic N) is 4. The number of para-hydroxylation sites is 1. The molecule has 3 heterocycles. The van der Waals surface area contributed by atoms with Gasteiger partial charge in [-0.25, -0.2) is 14.3 Å². The van der Waals surface area contributed by atoms with Gasteiger partial charge in [-0.1, -0.05) is 53.3 Å². The van der Waals surface area contributed by atoms with E-state index >= 15 is 0 Å². The number of benzene rings is 2. The molecule has 0 radical (unpaired) electrons. The Morgan fingerprint density at radius 1 is 1.09 bits per heavy atom. The van der Waals surface area contributed by atoms with E-state index in [9.17, 15) is 9.59 Å². The van der Waals surface area contributed by atoms with Crippen LogP contribution in [0.5, 0.6) is 0 Å². The van der Waals surface area contributed by atoms with E-state index in [1.807, 2.05) is 10.7 Å². The standard InChI is InChI=1S/C25H25N5O3S/c1-16-7-9-17(10-8-16)21-15-30-24(27-21)34-25(28-30)29-13-11-18(12-14-29)22(31)26-20-6-4-3-5-19(20)23(32)33-2/h3-10,15,18H,11-14H2,1-2H3,(H,26,31). The molecule has 9 heteroatoms. The van der Waals surface area contributed by atoms with Crippen LogP contribution in [0.1, 0.15) is 28.8 Å². The predicted octanol–water partition coefficient (Wildman–Crippen LogP) is 4.41. The minimum atomic E-state index is -0.468. The zero-order chi connectivity index (χ0) is 23.7. The largest absolute Gasteiger partial charge is 0.465 e. The van der Waals surface area contributed by atoms with E-state index in [1.54, 1.807) is 35.6 Å². The molecule has 174 valence electrons. The second-order valence-corrected chi connectivity index (χ2v) is 9.33. The number of carbonyl (C=O) groups is 2. The Balaban J connectivity index is 1.22. The number of carbonyl (C=O) groups excluding carboxylic acids is 2. The SMILES string of the molecule is COC(=O)c1ccccc1NC(=O)C1CCN(c2nn3cc(-c4ccc(C)cc4)nc3s2)CC1. The van der Waals surface area contributed by atoms with Gasteiger partial charge in [0.25, 0.3) is 0 Å². The zero-order valence-electron chi connectivity index (χ0n) is 19.0. The fourth-order valence-electron chi connectivity index (χ4n) is 4.13. The van der Waals surface area contributed by atoms with Gasteiger partial charge in [0, 0.05) is 24.6 Å². The van der Waals surface area contributed by atoms with Crippen molar-refractivity contribution in [3.63, 3.8) is 0 Å². The number of hydrogen-bond donors (Lipinski definition) is 1. The molecule has 1 N–H and O–H groups in total. The maximum atomic E-state index is 12.9. The summed E-state index contributed by atoms with van der Waals surface area (Å²) in [6, 6.07) is 15.2. The number of rotatable bonds is 5. The molecule has 2 aromatic heterocycles. The van der Waals surface area contributed by atoms with E-state index in [4.69, 9.17) is 14.8 Å². The van der Waals surface area contributed by atoms with E-state index in [0.29, 0.717) is 24.1 Å². The molecule has 1 fully saturated rings. The maximum absolute atomic E-state index is 12.9. The van der Waals surface area contributed by atoms with Gasteiger partial charge in [0.2, 0.25) is 16.0 Å². The van der Waals surface area contributed by atoms with Crippen molar-refractivity contribution in [3.8, 4) is 11.3 Å². The van der Waals surface area contributed by atoms with Crippen LogP contribution in [0.15, 0.2) is 54.7 Å². The highest BCUT2D eigenvalue weighted by Crippen LogP contribution is 2.30. The van der Waals surface area contributed by atoms with Crippen LogP contribution in [0.25, 0.3) is 16.2 Å². The van der Waals surface area contributed by atoms with Gasteiger partial charge in [0.05, 0.1) is 30.3 Å². The summed E-state index contributed by atoms with van der Waals surface area (Å²) in [7, 11) is 1.33. The van der Waals surface area contributed by atoms with E-state index in [0.717, 1.165) is 34.4 Å². The highest BCUT2D eigenvalue weighted by molar-refractivity contribution is 7.20. The molecule has 5 rings (SSSR count). The number of hydrogen-bond acceptors (Lipinski definition) is 7. The molecule has 0 saturated carbocycles. The second kappa shape index (κ2) is 9.26. The number of fused-ring (bicyclic) bond motifs is 1. The molecule has 34 heavy (non-hydrogen) atoms. The van der Waals surface area contributed by atoms with Crippen LogP contribution in [0.2, 0.25) is 0 Å². The van der Waals surface area contributed by atoms with Crippen molar-refractivity contribution in [1.29, 1.82) is 0 Å². The topological polar surface area (TPSA) is 88.8 Å². The van der Waals surface area contributed by atoms with Crippen LogP contribution >= 0.6 is 11.3 Å². The molecular formula is C25H25N5O3S. The van der Waals surface area contributed by atoms with Crippen molar-refractivity contribution in [1.82, 2.24) is 14.6 Å². The number of amides is 1.